The Morgan fingerprint density at radius 2 is 2.06 bits per heavy atom. The van der Waals surface area contributed by atoms with Crippen molar-refractivity contribution < 1.29 is 18.7 Å². The largest absolute Gasteiger partial charge is 0.459 e. The molecule has 2 aromatic carbocycles. The predicted molar refractivity (Wildman–Crippen MR) is 139 cm³/mol. The first kappa shape index (κ1) is 26.3. The maximum Gasteiger partial charge on any atom is 0.332 e. The minimum atomic E-state index is -0.342. The molecular weight excluding hydrogens is 457 g/mol. The van der Waals surface area contributed by atoms with Crippen LogP contribution in [0, 0.1) is 17.7 Å². The second kappa shape index (κ2) is 12.0. The Labute approximate surface area is 213 Å². The molecule has 0 aliphatic heterocycles. The number of methoxy groups -OCH3 is 1. The monoisotopic (exact) mass is 495 g/mol. The molecule has 0 amide bonds. The lowest BCUT2D eigenvalue weighted by atomic mass is 9.68. The van der Waals surface area contributed by atoms with Crippen LogP contribution in [0.5, 0.6) is 0 Å². The fourth-order valence-electron chi connectivity index (χ4n) is 5.74. The Morgan fingerprint density at radius 1 is 1.25 bits per heavy atom. The van der Waals surface area contributed by atoms with Gasteiger partial charge in [-0.25, -0.2) is 14.2 Å². The van der Waals surface area contributed by atoms with E-state index in [9.17, 15) is 9.18 Å². The summed E-state index contributed by atoms with van der Waals surface area (Å²) < 4.78 is 25.0. The van der Waals surface area contributed by atoms with Gasteiger partial charge in [-0.1, -0.05) is 32.0 Å². The zero-order valence-corrected chi connectivity index (χ0v) is 21.8. The second-order valence-electron chi connectivity index (χ2n) is 10.3. The third-order valence-corrected chi connectivity index (χ3v) is 7.30. The highest BCUT2D eigenvalue weighted by atomic mass is 19.1. The zero-order chi connectivity index (χ0) is 25.7. The summed E-state index contributed by atoms with van der Waals surface area (Å²) in [6, 6.07) is 13.2. The number of para-hydroxylation sites is 2. The average molecular weight is 496 g/mol. The minimum Gasteiger partial charge on any atom is -0.459 e. The fourth-order valence-corrected chi connectivity index (χ4v) is 5.74. The van der Waals surface area contributed by atoms with Crippen LogP contribution in [-0.2, 0) is 27.1 Å². The Hall–Kier alpha value is -2.77. The molecule has 0 saturated heterocycles. The zero-order valence-electron chi connectivity index (χ0n) is 21.8. The maximum absolute atomic E-state index is 13.9. The molecule has 0 saturated carbocycles. The van der Waals surface area contributed by atoms with E-state index in [1.807, 2.05) is 30.3 Å². The second-order valence-corrected chi connectivity index (χ2v) is 10.3. The molecule has 0 spiro atoms. The fraction of sp³-hybridized carbons (Fsp3) is 0.517. The number of ether oxygens (including phenoxy) is 2. The molecule has 1 aromatic heterocycles. The molecule has 1 aliphatic carbocycles. The average Bonchev–Trinajstić information content (AvgIpc) is 3.25. The number of aromatic amines is 1. The van der Waals surface area contributed by atoms with E-state index in [0.29, 0.717) is 12.5 Å². The lowest BCUT2D eigenvalue weighted by Gasteiger charge is -2.41. The normalized spacial score (nSPS) is 18.5. The highest BCUT2D eigenvalue weighted by Gasteiger charge is 2.39. The lowest BCUT2D eigenvalue weighted by molar-refractivity contribution is -0.158. The van der Waals surface area contributed by atoms with Crippen LogP contribution in [0.4, 0.5) is 4.39 Å². The summed E-state index contributed by atoms with van der Waals surface area (Å²) in [4.78, 5) is 22.8. The molecule has 1 N–H and O–H groups in total. The number of nitrogens with zero attached hydrogens (tertiary/aromatic N) is 2. The van der Waals surface area contributed by atoms with E-state index in [-0.39, 0.29) is 36.3 Å². The van der Waals surface area contributed by atoms with Crippen molar-refractivity contribution >= 4 is 17.0 Å². The van der Waals surface area contributed by atoms with E-state index >= 15 is 0 Å². The number of benzene rings is 2. The van der Waals surface area contributed by atoms with Gasteiger partial charge in [0.2, 0.25) is 0 Å². The molecule has 3 unspecified atom stereocenters. The van der Waals surface area contributed by atoms with Crippen molar-refractivity contribution in [2.24, 2.45) is 11.8 Å². The summed E-state index contributed by atoms with van der Waals surface area (Å²) in [5.41, 5.74) is 4.31. The van der Waals surface area contributed by atoms with Crippen molar-refractivity contribution in [3.05, 3.63) is 65.2 Å². The number of carbonyl (C=O) groups excluding carboxylic acids is 1. The molecule has 0 bridgehead atoms. The molecule has 4 rings (SSSR count). The Balaban J connectivity index is 1.44. The number of fused-ring (bicyclic) bond motifs is 2. The van der Waals surface area contributed by atoms with Crippen molar-refractivity contribution in [2.45, 2.75) is 51.6 Å². The quantitative estimate of drug-likeness (QED) is 0.374. The van der Waals surface area contributed by atoms with Crippen LogP contribution in [0.15, 0.2) is 42.5 Å². The Kier molecular flexibility index (Phi) is 8.75. The van der Waals surface area contributed by atoms with Crippen LogP contribution in [0.2, 0.25) is 0 Å². The first-order valence-electron chi connectivity index (χ1n) is 12.9. The maximum atomic E-state index is 13.9. The summed E-state index contributed by atoms with van der Waals surface area (Å²) in [6.07, 6.45) is 3.17. The van der Waals surface area contributed by atoms with Crippen molar-refractivity contribution in [3.63, 3.8) is 0 Å². The van der Waals surface area contributed by atoms with E-state index in [2.05, 4.69) is 35.8 Å². The van der Waals surface area contributed by atoms with Crippen LogP contribution in [0.1, 0.15) is 49.6 Å². The van der Waals surface area contributed by atoms with Gasteiger partial charge >= 0.3 is 5.97 Å². The van der Waals surface area contributed by atoms with Gasteiger partial charge in [0.1, 0.15) is 24.4 Å². The van der Waals surface area contributed by atoms with Gasteiger partial charge in [-0.15, -0.1) is 0 Å². The molecule has 3 atom stereocenters. The molecule has 7 heteroatoms. The standard InChI is InChI=1S/C29H38FN3O3/c1-19(2)29-22-14-12-21(30)16-20(22)11-13-23(29)26(36-28(34)18-35-4)17-33(3)15-7-10-27-31-24-8-5-6-9-25(24)32-27/h5-6,8-9,12,14,16,19,23,26,29H,7,10-11,13,15,17-18H2,1-4H3,(H,31,32). The van der Waals surface area contributed by atoms with Gasteiger partial charge in [-0.2, -0.15) is 0 Å². The van der Waals surface area contributed by atoms with Gasteiger partial charge in [-0.05, 0) is 80.1 Å². The number of aryl methyl sites for hydroxylation is 2. The highest BCUT2D eigenvalue weighted by molar-refractivity contribution is 5.74. The summed E-state index contributed by atoms with van der Waals surface area (Å²) in [5.74, 6) is 1.14. The Morgan fingerprint density at radius 3 is 2.81 bits per heavy atom. The van der Waals surface area contributed by atoms with Crippen molar-refractivity contribution in [1.82, 2.24) is 14.9 Å². The number of likely N-dealkylation sites (N-methyl/N-ethyl adjacent to an activating group) is 1. The number of carbonyl (C=O) groups is 1. The smallest absolute Gasteiger partial charge is 0.332 e. The van der Waals surface area contributed by atoms with E-state index in [1.165, 1.54) is 12.7 Å². The summed E-state index contributed by atoms with van der Waals surface area (Å²) in [5, 5.41) is 0. The van der Waals surface area contributed by atoms with Crippen LogP contribution in [-0.4, -0.2) is 60.8 Å². The Bertz CT molecular complexity index is 1130. The number of rotatable bonds is 11. The van der Waals surface area contributed by atoms with Gasteiger partial charge in [0.15, 0.2) is 0 Å². The van der Waals surface area contributed by atoms with Crippen molar-refractivity contribution in [3.8, 4) is 0 Å². The molecule has 0 radical (unpaired) electrons. The molecule has 0 fully saturated rings. The molecule has 1 aliphatic rings. The first-order chi connectivity index (χ1) is 17.4. The van der Waals surface area contributed by atoms with Crippen LogP contribution in [0.3, 0.4) is 0 Å². The van der Waals surface area contributed by atoms with E-state index in [0.717, 1.165) is 54.6 Å². The first-order valence-corrected chi connectivity index (χ1v) is 12.9. The van der Waals surface area contributed by atoms with E-state index < -0.39 is 0 Å². The van der Waals surface area contributed by atoms with Crippen molar-refractivity contribution in [2.75, 3.05) is 33.9 Å². The molecular formula is C29H38FN3O3. The minimum absolute atomic E-state index is 0.0624. The summed E-state index contributed by atoms with van der Waals surface area (Å²) in [7, 11) is 3.58. The molecule has 3 aromatic rings. The predicted octanol–water partition coefficient (Wildman–Crippen LogP) is 5.13. The van der Waals surface area contributed by atoms with E-state index in [1.54, 1.807) is 12.1 Å². The van der Waals surface area contributed by atoms with Crippen molar-refractivity contribution in [1.29, 1.82) is 0 Å². The third-order valence-electron chi connectivity index (χ3n) is 7.30. The number of esters is 1. The molecule has 36 heavy (non-hydrogen) atoms. The summed E-state index contributed by atoms with van der Waals surface area (Å²) >= 11 is 0. The summed E-state index contributed by atoms with van der Waals surface area (Å²) in [6.45, 7) is 5.83. The van der Waals surface area contributed by atoms with Gasteiger partial charge < -0.3 is 19.4 Å². The van der Waals surface area contributed by atoms with Crippen LogP contribution in [0.25, 0.3) is 11.0 Å². The molecule has 194 valence electrons. The number of aromatic nitrogens is 2. The van der Waals surface area contributed by atoms with Gasteiger partial charge in [0, 0.05) is 26.0 Å². The third kappa shape index (κ3) is 6.31. The van der Waals surface area contributed by atoms with Gasteiger partial charge in [0.05, 0.1) is 11.0 Å². The number of halogens is 1. The number of H-pyrrole nitrogens is 1. The topological polar surface area (TPSA) is 67.5 Å². The molecule has 1 heterocycles. The number of nitrogens with one attached hydrogen (secondary N) is 1. The van der Waals surface area contributed by atoms with E-state index in [4.69, 9.17) is 9.47 Å². The SMILES string of the molecule is COCC(=O)OC(CN(C)CCCc1nc2ccccc2[nH]1)C1CCc2cc(F)ccc2C1C(C)C. The number of hydrogen-bond donors (Lipinski definition) is 1. The number of imidazole rings is 1. The lowest BCUT2D eigenvalue weighted by Crippen LogP contribution is -2.43. The van der Waals surface area contributed by atoms with Crippen LogP contribution < -0.4 is 0 Å². The highest BCUT2D eigenvalue weighted by Crippen LogP contribution is 2.43. The van der Waals surface area contributed by atoms with Gasteiger partial charge in [-0.3, -0.25) is 0 Å². The molecule has 6 nitrogen and oxygen atoms in total. The van der Waals surface area contributed by atoms with Crippen LogP contribution >= 0.6 is 0 Å². The van der Waals surface area contributed by atoms with Gasteiger partial charge in [0.25, 0.3) is 0 Å². The number of hydrogen-bond acceptors (Lipinski definition) is 5.